The van der Waals surface area contributed by atoms with Crippen molar-refractivity contribution in [3.05, 3.63) is 0 Å². The van der Waals surface area contributed by atoms with Crippen molar-refractivity contribution >= 4 is 46.4 Å². The Morgan fingerprint density at radius 1 is 0.682 bits per heavy atom. The van der Waals surface area contributed by atoms with Crippen molar-refractivity contribution in [3.63, 3.8) is 0 Å². The van der Waals surface area contributed by atoms with Crippen molar-refractivity contribution in [3.8, 4) is 0 Å². The Hall–Kier alpha value is 0.769. The van der Waals surface area contributed by atoms with Crippen molar-refractivity contribution in [2.75, 3.05) is 0 Å². The van der Waals surface area contributed by atoms with Gasteiger partial charge in [0.1, 0.15) is 0 Å². The number of aliphatic carboxylic acids is 1. The molecule has 0 fully saturated rings. The Bertz CT molecular complexity index is 223. The van der Waals surface area contributed by atoms with Gasteiger partial charge in [0, 0.05) is 6.42 Å². The predicted molar refractivity (Wildman–Crippen MR) is 105 cm³/mol. The fraction of sp³-hybridized carbons (Fsp3) is 0.944. The average molecular weight is 341 g/mol. The molecular weight excluding hydrogens is 299 g/mol. The third kappa shape index (κ3) is 25.7. The second-order valence-electron chi connectivity index (χ2n) is 6.09. The fourth-order valence-corrected chi connectivity index (χ4v) is 2.65. The summed E-state index contributed by atoms with van der Waals surface area (Å²) in [5.41, 5.74) is 0. The van der Waals surface area contributed by atoms with E-state index in [2.05, 4.69) is 6.92 Å². The normalized spacial score (nSPS) is 9.86. The molecule has 0 radical (unpaired) electrons. The molecule has 0 aromatic carbocycles. The minimum Gasteiger partial charge on any atom is -1.00 e. The van der Waals surface area contributed by atoms with Gasteiger partial charge in [-0.25, -0.2) is 0 Å². The van der Waals surface area contributed by atoms with E-state index < -0.39 is 5.97 Å². The molecule has 0 aliphatic heterocycles. The van der Waals surface area contributed by atoms with Gasteiger partial charge >= 0.3 is 29.0 Å². The van der Waals surface area contributed by atoms with E-state index in [-0.39, 0.29) is 43.3 Å². The van der Waals surface area contributed by atoms with Crippen LogP contribution in [0.4, 0.5) is 0 Å². The molecule has 0 aromatic rings. The quantitative estimate of drug-likeness (QED) is 0.317. The molecule has 0 saturated heterocycles. The van der Waals surface area contributed by atoms with E-state index in [9.17, 15) is 4.79 Å². The number of rotatable bonds is 16. The van der Waals surface area contributed by atoms with Crippen molar-refractivity contribution in [1.82, 2.24) is 0 Å². The summed E-state index contributed by atoms with van der Waals surface area (Å²) in [7, 11) is 0. The Morgan fingerprint density at radius 2 is 0.955 bits per heavy atom. The first-order valence-corrected chi connectivity index (χ1v) is 8.99. The molecule has 0 unspecified atom stereocenters. The van der Waals surface area contributed by atoms with Crippen LogP contribution in [0.5, 0.6) is 0 Å². The van der Waals surface area contributed by atoms with E-state index in [0.717, 1.165) is 12.8 Å². The maximum absolute atomic E-state index is 10.3. The van der Waals surface area contributed by atoms with Gasteiger partial charge in [-0.05, 0) is 6.42 Å². The second-order valence-corrected chi connectivity index (χ2v) is 6.09. The predicted octanol–water partition coefficient (Wildman–Crippen LogP) is 4.99. The SMILES string of the molecule is CCCCCCCCCCCCCCCCCC(=O)O.[AlH3].[H-].[H-].[Mg+2]. The molecule has 2 nitrogen and oxygen atoms in total. The van der Waals surface area contributed by atoms with Gasteiger partial charge in [0.05, 0.1) is 0 Å². The van der Waals surface area contributed by atoms with E-state index in [1.54, 1.807) is 0 Å². The van der Waals surface area contributed by atoms with Crippen LogP contribution in [0.3, 0.4) is 0 Å². The van der Waals surface area contributed by atoms with Crippen LogP contribution >= 0.6 is 0 Å². The Kier molecular flexibility index (Phi) is 30.2. The topological polar surface area (TPSA) is 37.3 Å². The Morgan fingerprint density at radius 3 is 1.23 bits per heavy atom. The zero-order valence-corrected chi connectivity index (χ0v) is 15.8. The number of carbonyl (C=O) groups is 1. The molecule has 0 aromatic heterocycles. The summed E-state index contributed by atoms with van der Waals surface area (Å²) in [6.07, 6.45) is 20.2. The van der Waals surface area contributed by atoms with Crippen molar-refractivity contribution in [1.29, 1.82) is 0 Å². The zero-order valence-electron chi connectivity index (χ0n) is 16.4. The minimum atomic E-state index is -0.653. The summed E-state index contributed by atoms with van der Waals surface area (Å²) >= 11 is 0. The first-order chi connectivity index (χ1) is 9.77. The van der Waals surface area contributed by atoms with Crippen molar-refractivity contribution in [2.45, 2.75) is 110 Å². The van der Waals surface area contributed by atoms with Crippen LogP contribution in [0.15, 0.2) is 0 Å². The molecule has 0 rings (SSSR count). The molecule has 0 bridgehead atoms. The van der Waals surface area contributed by atoms with E-state index in [4.69, 9.17) is 5.11 Å². The number of hydrogen-bond acceptors (Lipinski definition) is 1. The van der Waals surface area contributed by atoms with Crippen LogP contribution in [-0.4, -0.2) is 51.5 Å². The van der Waals surface area contributed by atoms with Crippen molar-refractivity contribution < 1.29 is 12.8 Å². The van der Waals surface area contributed by atoms with E-state index in [1.165, 1.54) is 83.5 Å². The number of unbranched alkanes of at least 4 members (excludes halogenated alkanes) is 14. The maximum Gasteiger partial charge on any atom is 2.00 e. The first kappa shape index (κ1) is 27.6. The van der Waals surface area contributed by atoms with Gasteiger partial charge in [-0.2, -0.15) is 0 Å². The standard InChI is InChI=1S/C18H36O2.Al.Mg.5H/c1-2-3-4-5-6-7-8-9-10-11-12-13-14-15-16-17-18(19)20;;;;;;;/h2-17H2,1H3,(H,19,20);;;;;;;/q;;+2;;;;2*-1. The van der Waals surface area contributed by atoms with Crippen LogP contribution in [0.1, 0.15) is 113 Å². The molecule has 0 saturated carbocycles. The molecule has 0 amide bonds. The smallest absolute Gasteiger partial charge is 1.00 e. The Labute approximate surface area is 168 Å². The summed E-state index contributed by atoms with van der Waals surface area (Å²) in [4.78, 5) is 10.3. The van der Waals surface area contributed by atoms with Crippen LogP contribution in [0.25, 0.3) is 0 Å². The number of hydrogen-bond donors (Lipinski definition) is 1. The molecule has 4 heteroatoms. The average Bonchev–Trinajstić information content (AvgIpc) is 2.43. The Balaban J connectivity index is -0.000000301. The molecule has 0 heterocycles. The number of carboxylic acid groups (broad SMARTS) is 1. The van der Waals surface area contributed by atoms with Crippen LogP contribution < -0.4 is 0 Å². The summed E-state index contributed by atoms with van der Waals surface area (Å²) in [5, 5.41) is 8.52. The van der Waals surface area contributed by atoms with Gasteiger partial charge < -0.3 is 7.96 Å². The first-order valence-electron chi connectivity index (χ1n) is 8.99. The number of carboxylic acids is 1. The molecule has 0 aliphatic carbocycles. The van der Waals surface area contributed by atoms with Gasteiger partial charge in [0.15, 0.2) is 17.4 Å². The largest absolute Gasteiger partial charge is 2.00 e. The van der Waals surface area contributed by atoms with Crippen LogP contribution in [0.2, 0.25) is 0 Å². The molecule has 130 valence electrons. The van der Waals surface area contributed by atoms with Gasteiger partial charge in [-0.1, -0.05) is 96.8 Å². The van der Waals surface area contributed by atoms with Crippen LogP contribution in [-0.2, 0) is 4.79 Å². The summed E-state index contributed by atoms with van der Waals surface area (Å²) < 4.78 is 0. The molecular formula is C18H41AlMgO2. The van der Waals surface area contributed by atoms with E-state index >= 15 is 0 Å². The zero-order chi connectivity index (χ0) is 14.9. The minimum absolute atomic E-state index is 0. The second kappa shape index (κ2) is 24.0. The van der Waals surface area contributed by atoms with E-state index in [0.29, 0.717) is 6.42 Å². The van der Waals surface area contributed by atoms with E-state index in [1.807, 2.05) is 0 Å². The molecule has 0 aliphatic rings. The van der Waals surface area contributed by atoms with Crippen LogP contribution in [0, 0.1) is 0 Å². The molecule has 0 spiro atoms. The monoisotopic (exact) mass is 340 g/mol. The fourth-order valence-electron chi connectivity index (χ4n) is 2.65. The van der Waals surface area contributed by atoms with Gasteiger partial charge in [0.25, 0.3) is 0 Å². The van der Waals surface area contributed by atoms with Gasteiger partial charge in [-0.3, -0.25) is 4.79 Å². The van der Waals surface area contributed by atoms with Crippen molar-refractivity contribution in [2.24, 2.45) is 0 Å². The summed E-state index contributed by atoms with van der Waals surface area (Å²) in [6, 6.07) is 0. The van der Waals surface area contributed by atoms with Gasteiger partial charge in [-0.15, -0.1) is 0 Å². The molecule has 22 heavy (non-hydrogen) atoms. The third-order valence-corrected chi connectivity index (χ3v) is 3.99. The summed E-state index contributed by atoms with van der Waals surface area (Å²) in [5.74, 6) is -0.653. The summed E-state index contributed by atoms with van der Waals surface area (Å²) in [6.45, 7) is 2.27. The molecule has 0 atom stereocenters. The third-order valence-electron chi connectivity index (χ3n) is 3.99. The maximum atomic E-state index is 10.3. The van der Waals surface area contributed by atoms with Gasteiger partial charge in [0.2, 0.25) is 0 Å². The molecule has 1 N–H and O–H groups in total.